The van der Waals surface area contributed by atoms with Gasteiger partial charge in [-0.2, -0.15) is 0 Å². The minimum absolute atomic E-state index is 0. The van der Waals surface area contributed by atoms with Crippen molar-refractivity contribution in [1.29, 1.82) is 0 Å². The van der Waals surface area contributed by atoms with Gasteiger partial charge >= 0.3 is 0 Å². The lowest BCUT2D eigenvalue weighted by Crippen LogP contribution is -2.41. The molecule has 0 spiro atoms. The van der Waals surface area contributed by atoms with Crippen LogP contribution < -0.4 is 5.32 Å². The molecule has 1 unspecified atom stereocenters. The summed E-state index contributed by atoms with van der Waals surface area (Å²) in [6.45, 7) is 6.52. The standard InChI is InChI=1S/C17H23N3O2.ClH/c1-17(7-8-18-11-17)12-19(2)9-10-20-15(21)13-5-3-4-6-14(13)16(20)22;/h3-6,18H,7-12H2,1-2H3;1H. The monoisotopic (exact) mass is 337 g/mol. The molecule has 3 rings (SSSR count). The SMILES string of the molecule is CN(CCN1C(=O)c2ccccc2C1=O)CC1(C)CCNC1.Cl. The molecule has 0 bridgehead atoms. The molecule has 1 N–H and O–H groups in total. The van der Waals surface area contributed by atoms with Crippen LogP contribution in [-0.2, 0) is 0 Å². The van der Waals surface area contributed by atoms with E-state index in [-0.39, 0.29) is 29.6 Å². The summed E-state index contributed by atoms with van der Waals surface area (Å²) in [6.07, 6.45) is 1.17. The van der Waals surface area contributed by atoms with Crippen LogP contribution in [0.15, 0.2) is 24.3 Å². The fraction of sp³-hybridized carbons (Fsp3) is 0.529. The molecule has 1 fully saturated rings. The molecule has 0 radical (unpaired) electrons. The molecule has 1 aromatic rings. The number of rotatable bonds is 5. The van der Waals surface area contributed by atoms with E-state index in [2.05, 4.69) is 24.2 Å². The van der Waals surface area contributed by atoms with Crippen LogP contribution in [0.25, 0.3) is 0 Å². The Hall–Kier alpha value is -1.43. The number of nitrogens with one attached hydrogen (secondary N) is 1. The van der Waals surface area contributed by atoms with Crippen LogP contribution in [0.1, 0.15) is 34.1 Å². The quantitative estimate of drug-likeness (QED) is 0.830. The summed E-state index contributed by atoms with van der Waals surface area (Å²) < 4.78 is 0. The zero-order valence-electron chi connectivity index (χ0n) is 13.7. The van der Waals surface area contributed by atoms with E-state index in [9.17, 15) is 9.59 Å². The molecule has 2 aliphatic heterocycles. The molecule has 6 heteroatoms. The van der Waals surface area contributed by atoms with Gasteiger partial charge < -0.3 is 10.2 Å². The zero-order chi connectivity index (χ0) is 15.7. The van der Waals surface area contributed by atoms with Crippen LogP contribution >= 0.6 is 12.4 Å². The van der Waals surface area contributed by atoms with E-state index >= 15 is 0 Å². The summed E-state index contributed by atoms with van der Waals surface area (Å²) in [5, 5.41) is 3.40. The molecule has 0 saturated carbocycles. The molecule has 1 atom stereocenters. The van der Waals surface area contributed by atoms with Crippen molar-refractivity contribution in [3.63, 3.8) is 0 Å². The minimum Gasteiger partial charge on any atom is -0.316 e. The first-order chi connectivity index (χ1) is 10.5. The number of amides is 2. The Morgan fingerprint density at radius 3 is 2.35 bits per heavy atom. The van der Waals surface area contributed by atoms with Gasteiger partial charge in [-0.05, 0) is 37.6 Å². The Labute approximate surface area is 143 Å². The van der Waals surface area contributed by atoms with E-state index in [1.54, 1.807) is 24.3 Å². The maximum Gasteiger partial charge on any atom is 0.261 e. The topological polar surface area (TPSA) is 52.7 Å². The van der Waals surface area contributed by atoms with Crippen molar-refractivity contribution in [2.75, 3.05) is 39.8 Å². The first-order valence-electron chi connectivity index (χ1n) is 7.85. The predicted octanol–water partition coefficient (Wildman–Crippen LogP) is 1.64. The zero-order valence-corrected chi connectivity index (χ0v) is 14.5. The lowest BCUT2D eigenvalue weighted by atomic mass is 9.89. The number of likely N-dealkylation sites (N-methyl/N-ethyl adjacent to an activating group) is 1. The van der Waals surface area contributed by atoms with Gasteiger partial charge in [0.1, 0.15) is 0 Å². The first-order valence-corrected chi connectivity index (χ1v) is 7.85. The molecular formula is C17H24ClN3O2. The van der Waals surface area contributed by atoms with Crippen molar-refractivity contribution in [3.05, 3.63) is 35.4 Å². The maximum atomic E-state index is 12.3. The Morgan fingerprint density at radius 2 is 1.83 bits per heavy atom. The van der Waals surface area contributed by atoms with Crippen LogP contribution in [0, 0.1) is 5.41 Å². The smallest absolute Gasteiger partial charge is 0.261 e. The second-order valence-corrected chi connectivity index (χ2v) is 6.78. The number of fused-ring (bicyclic) bond motifs is 1. The van der Waals surface area contributed by atoms with Gasteiger partial charge in [0.05, 0.1) is 11.1 Å². The van der Waals surface area contributed by atoms with Crippen molar-refractivity contribution in [2.24, 2.45) is 5.41 Å². The number of halogens is 1. The fourth-order valence-corrected chi connectivity index (χ4v) is 3.45. The van der Waals surface area contributed by atoms with Crippen LogP contribution in [0.3, 0.4) is 0 Å². The molecule has 0 aliphatic carbocycles. The maximum absolute atomic E-state index is 12.3. The highest BCUT2D eigenvalue weighted by atomic mass is 35.5. The van der Waals surface area contributed by atoms with Gasteiger partial charge in [0, 0.05) is 26.2 Å². The molecule has 5 nitrogen and oxygen atoms in total. The van der Waals surface area contributed by atoms with Gasteiger partial charge in [0.25, 0.3) is 11.8 Å². The average Bonchev–Trinajstić information content (AvgIpc) is 3.02. The van der Waals surface area contributed by atoms with E-state index in [4.69, 9.17) is 0 Å². The summed E-state index contributed by atoms with van der Waals surface area (Å²) >= 11 is 0. The Morgan fingerprint density at radius 1 is 1.22 bits per heavy atom. The number of nitrogens with zero attached hydrogens (tertiary/aromatic N) is 2. The highest BCUT2D eigenvalue weighted by Gasteiger charge is 2.35. The van der Waals surface area contributed by atoms with Crippen LogP contribution in [0.4, 0.5) is 0 Å². The third kappa shape index (κ3) is 3.57. The Bertz CT molecular complexity index is 564. The van der Waals surface area contributed by atoms with Gasteiger partial charge in [-0.15, -0.1) is 12.4 Å². The van der Waals surface area contributed by atoms with Gasteiger partial charge in [0.15, 0.2) is 0 Å². The summed E-state index contributed by atoms with van der Waals surface area (Å²) in [6, 6.07) is 7.05. The lowest BCUT2D eigenvalue weighted by Gasteiger charge is -2.30. The highest BCUT2D eigenvalue weighted by molar-refractivity contribution is 6.21. The lowest BCUT2D eigenvalue weighted by molar-refractivity contribution is 0.0634. The highest BCUT2D eigenvalue weighted by Crippen LogP contribution is 2.25. The van der Waals surface area contributed by atoms with Gasteiger partial charge in [-0.1, -0.05) is 19.1 Å². The second-order valence-electron chi connectivity index (χ2n) is 6.78. The number of hydrogen-bond donors (Lipinski definition) is 1. The van der Waals surface area contributed by atoms with Crippen LogP contribution in [-0.4, -0.2) is 61.4 Å². The van der Waals surface area contributed by atoms with Gasteiger partial charge in [0.2, 0.25) is 0 Å². The molecule has 126 valence electrons. The molecule has 2 heterocycles. The van der Waals surface area contributed by atoms with Crippen LogP contribution in [0.2, 0.25) is 0 Å². The molecular weight excluding hydrogens is 314 g/mol. The van der Waals surface area contributed by atoms with E-state index in [1.165, 1.54) is 11.3 Å². The molecule has 0 aromatic heterocycles. The minimum atomic E-state index is -0.164. The average molecular weight is 338 g/mol. The number of carbonyl (C=O) groups excluding carboxylic acids is 2. The van der Waals surface area contributed by atoms with Gasteiger partial charge in [-0.3, -0.25) is 14.5 Å². The van der Waals surface area contributed by atoms with Crippen molar-refractivity contribution in [2.45, 2.75) is 13.3 Å². The summed E-state index contributed by atoms with van der Waals surface area (Å²) in [4.78, 5) is 28.2. The summed E-state index contributed by atoms with van der Waals surface area (Å²) in [5.41, 5.74) is 1.35. The molecule has 2 amide bonds. The van der Waals surface area contributed by atoms with Crippen molar-refractivity contribution >= 4 is 24.2 Å². The Balaban J connectivity index is 0.00000192. The third-order valence-corrected chi connectivity index (χ3v) is 4.69. The largest absolute Gasteiger partial charge is 0.316 e. The third-order valence-electron chi connectivity index (χ3n) is 4.69. The van der Waals surface area contributed by atoms with Crippen LogP contribution in [0.5, 0.6) is 0 Å². The molecule has 23 heavy (non-hydrogen) atoms. The second kappa shape index (κ2) is 6.99. The molecule has 2 aliphatic rings. The predicted molar refractivity (Wildman–Crippen MR) is 92.1 cm³/mol. The van der Waals surface area contributed by atoms with Crippen molar-refractivity contribution in [3.8, 4) is 0 Å². The fourth-order valence-electron chi connectivity index (χ4n) is 3.45. The number of imide groups is 1. The first kappa shape index (κ1) is 17.9. The van der Waals surface area contributed by atoms with Gasteiger partial charge in [-0.25, -0.2) is 0 Å². The number of benzene rings is 1. The molecule has 1 saturated heterocycles. The summed E-state index contributed by atoms with van der Waals surface area (Å²) in [7, 11) is 2.06. The Kier molecular flexibility index (Phi) is 5.45. The van der Waals surface area contributed by atoms with E-state index in [0.717, 1.165) is 19.6 Å². The van der Waals surface area contributed by atoms with Crippen molar-refractivity contribution in [1.82, 2.24) is 15.1 Å². The number of carbonyl (C=O) groups is 2. The normalized spacial score (nSPS) is 23.3. The number of hydrogen-bond acceptors (Lipinski definition) is 4. The van der Waals surface area contributed by atoms with E-state index < -0.39 is 0 Å². The van der Waals surface area contributed by atoms with Crippen molar-refractivity contribution < 1.29 is 9.59 Å². The molecule has 1 aromatic carbocycles. The van der Waals surface area contributed by atoms with E-state index in [1.807, 2.05) is 0 Å². The van der Waals surface area contributed by atoms with E-state index in [0.29, 0.717) is 24.2 Å². The summed E-state index contributed by atoms with van der Waals surface area (Å²) in [5.74, 6) is -0.328.